The minimum atomic E-state index is -0.350. The van der Waals surface area contributed by atoms with Gasteiger partial charge in [-0.15, -0.1) is 0 Å². The highest BCUT2D eigenvalue weighted by Gasteiger charge is 2.35. The largest absolute Gasteiger partial charge is 0.490 e. The first-order valence-corrected chi connectivity index (χ1v) is 12.3. The summed E-state index contributed by atoms with van der Waals surface area (Å²) in [5.41, 5.74) is 1.51. The van der Waals surface area contributed by atoms with Gasteiger partial charge in [-0.1, -0.05) is 13.5 Å². The van der Waals surface area contributed by atoms with Crippen LogP contribution in [0.15, 0.2) is 42.0 Å². The molecule has 1 saturated heterocycles. The third kappa shape index (κ3) is 7.60. The number of anilines is 1. The number of aliphatic imine (C=N–C) groups is 1. The Morgan fingerprint density at radius 2 is 2.11 bits per heavy atom. The molecule has 0 bridgehead atoms. The van der Waals surface area contributed by atoms with Crippen molar-refractivity contribution < 1.29 is 19.1 Å². The van der Waals surface area contributed by atoms with Crippen molar-refractivity contribution in [2.24, 2.45) is 10.4 Å². The molecule has 3 rings (SSSR count). The van der Waals surface area contributed by atoms with Crippen LogP contribution in [0.5, 0.6) is 11.6 Å². The lowest BCUT2D eigenvalue weighted by Crippen LogP contribution is -2.31. The van der Waals surface area contributed by atoms with E-state index in [2.05, 4.69) is 33.8 Å². The normalized spacial score (nSPS) is 17.3. The van der Waals surface area contributed by atoms with Crippen LogP contribution >= 0.6 is 0 Å². The van der Waals surface area contributed by atoms with E-state index < -0.39 is 0 Å². The lowest BCUT2D eigenvalue weighted by molar-refractivity contribution is -0.111. The van der Waals surface area contributed by atoms with Crippen molar-refractivity contribution in [2.45, 2.75) is 27.2 Å². The lowest BCUT2D eigenvalue weighted by atomic mass is 9.91. The number of hydrogen-bond acceptors (Lipinski definition) is 8. The van der Waals surface area contributed by atoms with Crippen LogP contribution in [0.3, 0.4) is 0 Å². The summed E-state index contributed by atoms with van der Waals surface area (Å²) >= 11 is 0. The molecule has 1 fully saturated rings. The maximum atomic E-state index is 13.4. The van der Waals surface area contributed by atoms with E-state index in [9.17, 15) is 9.59 Å². The summed E-state index contributed by atoms with van der Waals surface area (Å²) in [4.78, 5) is 42.1. The molecule has 1 aromatic heterocycles. The minimum absolute atomic E-state index is 0.110. The summed E-state index contributed by atoms with van der Waals surface area (Å²) < 4.78 is 11.4. The molecule has 198 valence electrons. The molecule has 10 nitrogen and oxygen atoms in total. The first kappa shape index (κ1) is 27.8. The van der Waals surface area contributed by atoms with E-state index in [0.717, 1.165) is 12.0 Å². The number of ether oxygens (including phenoxy) is 2. The van der Waals surface area contributed by atoms with Gasteiger partial charge in [-0.3, -0.25) is 9.59 Å². The minimum Gasteiger partial charge on any atom is -0.490 e. The summed E-state index contributed by atoms with van der Waals surface area (Å²) in [6.45, 7) is 12.0. The Bertz CT molecular complexity index is 1170. The highest BCUT2D eigenvalue weighted by atomic mass is 16.5. The topological polar surface area (TPSA) is 109 Å². The van der Waals surface area contributed by atoms with Gasteiger partial charge in [-0.25, -0.2) is 9.98 Å². The monoisotopic (exact) mass is 508 g/mol. The van der Waals surface area contributed by atoms with Gasteiger partial charge in [0.25, 0.3) is 11.9 Å². The van der Waals surface area contributed by atoms with Crippen molar-refractivity contribution in [2.75, 3.05) is 52.3 Å². The number of rotatable bonds is 11. The van der Waals surface area contributed by atoms with Gasteiger partial charge >= 0.3 is 0 Å². The average Bonchev–Trinajstić information content (AvgIpc) is 3.27. The molecule has 0 spiro atoms. The van der Waals surface area contributed by atoms with Gasteiger partial charge in [0.2, 0.25) is 11.8 Å². The van der Waals surface area contributed by atoms with Crippen LogP contribution < -0.4 is 14.8 Å². The smallest absolute Gasteiger partial charge is 0.254 e. The molecular formula is C27H36N6O4. The van der Waals surface area contributed by atoms with E-state index in [0.29, 0.717) is 61.7 Å². The van der Waals surface area contributed by atoms with E-state index in [1.165, 1.54) is 6.08 Å². The average molecular weight is 509 g/mol. The number of carbonyl (C=O) groups excluding carboxylic acids is 2. The second-order valence-electron chi connectivity index (χ2n) is 9.54. The summed E-state index contributed by atoms with van der Waals surface area (Å²) in [5.74, 6) is 0.831. The number of likely N-dealkylation sites (N-methyl/N-ethyl adjacent to an activating group) is 1. The Morgan fingerprint density at radius 3 is 2.81 bits per heavy atom. The molecule has 2 aromatic rings. The van der Waals surface area contributed by atoms with Gasteiger partial charge < -0.3 is 24.6 Å². The molecule has 0 radical (unpaired) electrons. The van der Waals surface area contributed by atoms with Crippen molar-refractivity contribution in [1.82, 2.24) is 19.8 Å². The highest BCUT2D eigenvalue weighted by Crippen LogP contribution is 2.32. The molecule has 10 heteroatoms. The van der Waals surface area contributed by atoms with Crippen LogP contribution in [0, 0.1) is 12.3 Å². The van der Waals surface area contributed by atoms with Gasteiger partial charge in [-0.2, -0.15) is 4.98 Å². The number of aromatic nitrogens is 2. The van der Waals surface area contributed by atoms with E-state index in [1.807, 2.05) is 39.1 Å². The molecule has 1 N–H and O–H groups in total. The lowest BCUT2D eigenvalue weighted by Gasteiger charge is -2.21. The zero-order valence-corrected chi connectivity index (χ0v) is 22.3. The summed E-state index contributed by atoms with van der Waals surface area (Å²) in [5, 5.41) is 2.74. The Morgan fingerprint density at radius 1 is 1.32 bits per heavy atom. The number of likely N-dealkylation sites (tertiary alicyclic amines) is 1. The second kappa shape index (κ2) is 12.4. The van der Waals surface area contributed by atoms with Crippen molar-refractivity contribution in [1.29, 1.82) is 0 Å². The molecule has 1 unspecified atom stereocenters. The quantitative estimate of drug-likeness (QED) is 0.365. The van der Waals surface area contributed by atoms with Gasteiger partial charge in [0.05, 0.1) is 12.3 Å². The molecule has 0 aliphatic carbocycles. The first-order valence-electron chi connectivity index (χ1n) is 12.3. The van der Waals surface area contributed by atoms with Crippen molar-refractivity contribution in [3.05, 3.63) is 48.2 Å². The van der Waals surface area contributed by atoms with Crippen LogP contribution in [0.1, 0.15) is 36.2 Å². The van der Waals surface area contributed by atoms with Crippen molar-refractivity contribution >= 4 is 29.7 Å². The van der Waals surface area contributed by atoms with Crippen LogP contribution in [0.25, 0.3) is 0 Å². The third-order valence-electron chi connectivity index (χ3n) is 5.95. The molecule has 2 heterocycles. The molecule has 2 amide bonds. The number of hydrogen-bond donors (Lipinski definition) is 1. The number of nitrogens with zero attached hydrogens (tertiary/aromatic N) is 5. The van der Waals surface area contributed by atoms with E-state index in [-0.39, 0.29) is 17.2 Å². The Balaban J connectivity index is 1.73. The summed E-state index contributed by atoms with van der Waals surface area (Å²) in [6, 6.07) is 5.05. The van der Waals surface area contributed by atoms with E-state index >= 15 is 0 Å². The summed E-state index contributed by atoms with van der Waals surface area (Å²) in [7, 11) is 3.89. The van der Waals surface area contributed by atoms with Crippen LogP contribution in [-0.2, 0) is 4.79 Å². The third-order valence-corrected chi connectivity index (χ3v) is 5.95. The van der Waals surface area contributed by atoms with E-state index in [4.69, 9.17) is 9.47 Å². The first-order chi connectivity index (χ1) is 17.6. The zero-order valence-electron chi connectivity index (χ0n) is 22.3. The maximum Gasteiger partial charge on any atom is 0.254 e. The van der Waals surface area contributed by atoms with Crippen LogP contribution in [0.2, 0.25) is 0 Å². The zero-order chi connectivity index (χ0) is 27.0. The van der Waals surface area contributed by atoms with E-state index in [1.54, 1.807) is 29.3 Å². The predicted octanol–water partition coefficient (Wildman–Crippen LogP) is 3.50. The van der Waals surface area contributed by atoms with Gasteiger partial charge in [0.15, 0.2) is 0 Å². The van der Waals surface area contributed by atoms with Crippen LogP contribution in [0.4, 0.5) is 11.6 Å². The molecule has 1 aromatic carbocycles. The summed E-state index contributed by atoms with van der Waals surface area (Å²) in [6.07, 6.45) is 5.46. The number of nitrogens with one attached hydrogen (secondary N) is 1. The Hall–Kier alpha value is -3.79. The van der Waals surface area contributed by atoms with Crippen molar-refractivity contribution in [3.63, 3.8) is 0 Å². The van der Waals surface area contributed by atoms with Gasteiger partial charge in [0.1, 0.15) is 12.4 Å². The molecule has 0 saturated carbocycles. The molecule has 1 aliphatic rings. The fourth-order valence-corrected chi connectivity index (χ4v) is 3.82. The van der Waals surface area contributed by atoms with Gasteiger partial charge in [0, 0.05) is 48.6 Å². The standard InChI is InChI=1S/C27H36N6O4/c1-7-23(34)30-21-10-9-20(15-22(21)37-14-13-32(5)6)25(35)33-12-11-27(4,18-33)17-29-26-28-16-19(3)24(31-26)36-8-2/h7,9-10,15-17H,1,8,11-14,18H2,2-6H3,(H,30,34)/b29-17+. The number of amides is 2. The van der Waals surface area contributed by atoms with Gasteiger partial charge in [-0.05, 0) is 58.6 Å². The SMILES string of the molecule is C=CC(=O)Nc1ccc(C(=O)N2CCC(C)(/C=N/c3ncc(C)c(OCC)n3)C2)cc1OCCN(C)C. The second-order valence-corrected chi connectivity index (χ2v) is 9.54. The fourth-order valence-electron chi connectivity index (χ4n) is 3.82. The molecule has 37 heavy (non-hydrogen) atoms. The fraction of sp³-hybridized carbons (Fsp3) is 0.444. The maximum absolute atomic E-state index is 13.4. The highest BCUT2D eigenvalue weighted by molar-refractivity contribution is 6.01. The molecular weight excluding hydrogens is 472 g/mol. The number of aryl methyl sites for hydroxylation is 1. The Labute approximate surface area is 218 Å². The number of carbonyl (C=O) groups is 2. The molecule has 1 atom stereocenters. The van der Waals surface area contributed by atoms with Crippen molar-refractivity contribution in [3.8, 4) is 11.6 Å². The van der Waals surface area contributed by atoms with Crippen LogP contribution in [-0.4, -0.2) is 84.7 Å². The Kier molecular flexibility index (Phi) is 9.35. The number of benzene rings is 1. The molecule has 1 aliphatic heterocycles. The predicted molar refractivity (Wildman–Crippen MR) is 144 cm³/mol.